The molecule has 4 N–H and O–H groups in total. The second-order valence-electron chi connectivity index (χ2n) is 5.83. The normalized spacial score (nSPS) is 11.8. The fourth-order valence-electron chi connectivity index (χ4n) is 2.37. The van der Waals surface area contributed by atoms with E-state index in [1.54, 1.807) is 25.3 Å². The van der Waals surface area contributed by atoms with Gasteiger partial charge in [0.15, 0.2) is 5.76 Å². The molecular formula is C19H19ClN4O2. The lowest BCUT2D eigenvalue weighted by Crippen LogP contribution is -2.37. The van der Waals surface area contributed by atoms with Crippen molar-refractivity contribution >= 4 is 29.2 Å². The second kappa shape index (κ2) is 8.03. The number of carbonyl (C=O) groups is 1. The smallest absolute Gasteiger partial charge is 0.299 e. The third-order valence-electron chi connectivity index (χ3n) is 3.75. The minimum absolute atomic E-state index is 0.206. The van der Waals surface area contributed by atoms with Crippen LogP contribution in [0.25, 0.3) is 11.3 Å². The van der Waals surface area contributed by atoms with E-state index < -0.39 is 6.04 Å². The number of hydrogen-bond donors (Lipinski definition) is 3. The molecule has 3 rings (SSSR count). The van der Waals surface area contributed by atoms with Crippen LogP contribution in [0.15, 0.2) is 59.1 Å². The highest BCUT2D eigenvalue weighted by Gasteiger charge is 2.13. The van der Waals surface area contributed by atoms with E-state index in [0.29, 0.717) is 23.3 Å². The van der Waals surface area contributed by atoms with Crippen LogP contribution >= 0.6 is 11.6 Å². The summed E-state index contributed by atoms with van der Waals surface area (Å²) >= 11 is 5.88. The van der Waals surface area contributed by atoms with Crippen LogP contribution in [-0.4, -0.2) is 16.9 Å². The first kappa shape index (κ1) is 18.0. The van der Waals surface area contributed by atoms with Crippen LogP contribution < -0.4 is 16.4 Å². The van der Waals surface area contributed by atoms with Crippen LogP contribution in [0.1, 0.15) is 12.5 Å². The van der Waals surface area contributed by atoms with Gasteiger partial charge in [0.05, 0.1) is 12.2 Å². The van der Waals surface area contributed by atoms with Crippen LogP contribution in [0, 0.1) is 0 Å². The molecule has 1 atom stereocenters. The highest BCUT2D eigenvalue weighted by molar-refractivity contribution is 6.30. The van der Waals surface area contributed by atoms with Crippen LogP contribution in [-0.2, 0) is 11.3 Å². The monoisotopic (exact) mass is 370 g/mol. The Morgan fingerprint density at radius 1 is 1.23 bits per heavy atom. The molecule has 1 amide bonds. The molecule has 26 heavy (non-hydrogen) atoms. The number of anilines is 2. The zero-order chi connectivity index (χ0) is 18.5. The van der Waals surface area contributed by atoms with E-state index in [2.05, 4.69) is 15.6 Å². The molecule has 0 radical (unpaired) electrons. The number of nitrogens with two attached hydrogens (primary N) is 1. The fourth-order valence-corrected chi connectivity index (χ4v) is 2.50. The number of amides is 1. The van der Waals surface area contributed by atoms with Gasteiger partial charge in [-0.1, -0.05) is 35.9 Å². The first-order chi connectivity index (χ1) is 12.5. The average Bonchev–Trinajstić information content (AvgIpc) is 3.10. The molecule has 0 aliphatic heterocycles. The number of halogens is 1. The molecule has 2 aromatic carbocycles. The van der Waals surface area contributed by atoms with E-state index >= 15 is 0 Å². The SMILES string of the molecule is CC(N)C(=O)NCc1ccccc1-c1cnc(Nc2ccc(Cl)cc2)o1. The van der Waals surface area contributed by atoms with Gasteiger partial charge in [-0.25, -0.2) is 4.98 Å². The van der Waals surface area contributed by atoms with Gasteiger partial charge in [0.1, 0.15) is 0 Å². The number of aromatic nitrogens is 1. The first-order valence-corrected chi connectivity index (χ1v) is 8.50. The number of nitrogens with zero attached hydrogens (tertiary/aromatic N) is 1. The number of carbonyl (C=O) groups excluding carboxylic acids is 1. The van der Waals surface area contributed by atoms with Crippen molar-refractivity contribution in [1.29, 1.82) is 0 Å². The Kier molecular flexibility index (Phi) is 5.55. The van der Waals surface area contributed by atoms with Gasteiger partial charge in [-0.05, 0) is 36.8 Å². The van der Waals surface area contributed by atoms with Crippen molar-refractivity contribution in [3.8, 4) is 11.3 Å². The van der Waals surface area contributed by atoms with Gasteiger partial charge in [0, 0.05) is 22.8 Å². The summed E-state index contributed by atoms with van der Waals surface area (Å²) in [4.78, 5) is 16.0. The molecule has 7 heteroatoms. The Hall–Kier alpha value is -2.83. The molecule has 3 aromatic rings. The molecule has 0 saturated heterocycles. The number of hydrogen-bond acceptors (Lipinski definition) is 5. The van der Waals surface area contributed by atoms with Gasteiger partial charge in [0.2, 0.25) is 5.91 Å². The predicted octanol–water partition coefficient (Wildman–Crippen LogP) is 3.70. The molecule has 134 valence electrons. The quantitative estimate of drug-likeness (QED) is 0.615. The predicted molar refractivity (Wildman–Crippen MR) is 102 cm³/mol. The van der Waals surface area contributed by atoms with Crippen molar-refractivity contribution in [3.05, 3.63) is 65.3 Å². The van der Waals surface area contributed by atoms with Crippen LogP contribution in [0.4, 0.5) is 11.7 Å². The molecule has 6 nitrogen and oxygen atoms in total. The Balaban J connectivity index is 1.76. The van der Waals surface area contributed by atoms with E-state index in [1.807, 2.05) is 36.4 Å². The average molecular weight is 371 g/mol. The van der Waals surface area contributed by atoms with E-state index in [-0.39, 0.29) is 5.91 Å². The lowest BCUT2D eigenvalue weighted by atomic mass is 10.1. The van der Waals surface area contributed by atoms with E-state index in [0.717, 1.165) is 16.8 Å². The number of oxazole rings is 1. The van der Waals surface area contributed by atoms with E-state index in [1.165, 1.54) is 0 Å². The molecule has 0 fully saturated rings. The Morgan fingerprint density at radius 3 is 2.69 bits per heavy atom. The molecule has 0 bridgehead atoms. The van der Waals surface area contributed by atoms with Gasteiger partial charge in [0.25, 0.3) is 6.01 Å². The van der Waals surface area contributed by atoms with Gasteiger partial charge >= 0.3 is 0 Å². The Bertz CT molecular complexity index is 891. The summed E-state index contributed by atoms with van der Waals surface area (Å²) in [5, 5.41) is 6.55. The van der Waals surface area contributed by atoms with E-state index in [4.69, 9.17) is 21.8 Å². The highest BCUT2D eigenvalue weighted by atomic mass is 35.5. The number of nitrogens with one attached hydrogen (secondary N) is 2. The molecule has 0 saturated carbocycles. The maximum Gasteiger partial charge on any atom is 0.299 e. The van der Waals surface area contributed by atoms with Crippen molar-refractivity contribution in [2.45, 2.75) is 19.5 Å². The summed E-state index contributed by atoms with van der Waals surface area (Å²) in [5.41, 5.74) is 8.17. The van der Waals surface area contributed by atoms with Crippen molar-refractivity contribution in [1.82, 2.24) is 10.3 Å². The van der Waals surface area contributed by atoms with Crippen molar-refractivity contribution < 1.29 is 9.21 Å². The Labute approximate surface area is 156 Å². The standard InChI is InChI=1S/C19H19ClN4O2/c1-12(21)18(25)22-10-13-4-2-3-5-16(13)17-11-23-19(26-17)24-15-8-6-14(20)7-9-15/h2-9,11-12H,10,21H2,1H3,(H,22,25)(H,23,24). The topological polar surface area (TPSA) is 93.2 Å². The zero-order valence-corrected chi connectivity index (χ0v) is 15.0. The Morgan fingerprint density at radius 2 is 1.96 bits per heavy atom. The summed E-state index contributed by atoms with van der Waals surface area (Å²) in [6.45, 7) is 2.00. The lowest BCUT2D eigenvalue weighted by Gasteiger charge is -2.10. The van der Waals surface area contributed by atoms with E-state index in [9.17, 15) is 4.79 Å². The molecule has 1 unspecified atom stereocenters. The van der Waals surface area contributed by atoms with Crippen LogP contribution in [0.5, 0.6) is 0 Å². The van der Waals surface area contributed by atoms with Gasteiger partial charge in [-0.2, -0.15) is 0 Å². The maximum absolute atomic E-state index is 11.7. The summed E-state index contributed by atoms with van der Waals surface area (Å²) in [6, 6.07) is 14.7. The molecule has 0 aliphatic carbocycles. The van der Waals surface area contributed by atoms with Crippen LogP contribution in [0.2, 0.25) is 5.02 Å². The molecule has 0 aliphatic rings. The summed E-state index contributed by atoms with van der Waals surface area (Å²) in [7, 11) is 0. The third kappa shape index (κ3) is 4.41. The molecule has 1 heterocycles. The third-order valence-corrected chi connectivity index (χ3v) is 4.00. The maximum atomic E-state index is 11.7. The van der Waals surface area contributed by atoms with Gasteiger partial charge < -0.3 is 20.8 Å². The minimum Gasteiger partial charge on any atom is -0.423 e. The van der Waals surface area contributed by atoms with Gasteiger partial charge in [-0.3, -0.25) is 4.79 Å². The number of benzene rings is 2. The zero-order valence-electron chi connectivity index (χ0n) is 14.2. The first-order valence-electron chi connectivity index (χ1n) is 8.13. The summed E-state index contributed by atoms with van der Waals surface area (Å²) in [5.74, 6) is 0.398. The molecule has 0 spiro atoms. The van der Waals surface area contributed by atoms with Crippen molar-refractivity contribution in [3.63, 3.8) is 0 Å². The number of rotatable bonds is 6. The molecular weight excluding hydrogens is 352 g/mol. The lowest BCUT2D eigenvalue weighted by molar-refractivity contribution is -0.122. The van der Waals surface area contributed by atoms with Crippen molar-refractivity contribution in [2.24, 2.45) is 5.73 Å². The van der Waals surface area contributed by atoms with Crippen LogP contribution in [0.3, 0.4) is 0 Å². The van der Waals surface area contributed by atoms with Crippen molar-refractivity contribution in [2.75, 3.05) is 5.32 Å². The summed E-state index contributed by atoms with van der Waals surface area (Å²) in [6.07, 6.45) is 1.64. The second-order valence-corrected chi connectivity index (χ2v) is 6.26. The highest BCUT2D eigenvalue weighted by Crippen LogP contribution is 2.27. The largest absolute Gasteiger partial charge is 0.423 e. The molecule has 1 aromatic heterocycles. The summed E-state index contributed by atoms with van der Waals surface area (Å²) < 4.78 is 5.81. The fraction of sp³-hybridized carbons (Fsp3) is 0.158. The van der Waals surface area contributed by atoms with Gasteiger partial charge in [-0.15, -0.1) is 0 Å². The minimum atomic E-state index is -0.553.